The molecule has 1 amide bonds. The number of ketones is 2. The lowest BCUT2D eigenvalue weighted by Gasteiger charge is -2.20. The summed E-state index contributed by atoms with van der Waals surface area (Å²) in [6, 6.07) is 20.2. The third kappa shape index (κ3) is 11.3. The molecule has 0 heterocycles. The van der Waals surface area contributed by atoms with Crippen LogP contribution in [0.15, 0.2) is 72.8 Å². The predicted octanol–water partition coefficient (Wildman–Crippen LogP) is 7.69. The molecule has 45 heavy (non-hydrogen) atoms. The lowest BCUT2D eigenvalue weighted by molar-refractivity contribution is -0.120. The minimum Gasteiger partial charge on any atom is -0.494 e. The number of benzene rings is 3. The lowest BCUT2D eigenvalue weighted by atomic mass is 9.86. The number of Topliss-reactive ketones (excluding diaryl/α,β-unsaturated/α-hetero) is 2. The number of nitrogens with one attached hydrogen (secondary N) is 1. The highest BCUT2D eigenvalue weighted by Gasteiger charge is 2.22. The fourth-order valence-corrected chi connectivity index (χ4v) is 4.80. The van der Waals surface area contributed by atoms with Gasteiger partial charge >= 0.3 is 5.97 Å². The molecule has 0 aliphatic rings. The summed E-state index contributed by atoms with van der Waals surface area (Å²) in [4.78, 5) is 50.8. The first-order valence-corrected chi connectivity index (χ1v) is 16.0. The van der Waals surface area contributed by atoms with E-state index in [1.54, 1.807) is 67.6 Å². The zero-order valence-electron chi connectivity index (χ0n) is 27.3. The molecule has 3 aromatic carbocycles. The van der Waals surface area contributed by atoms with Crippen LogP contribution in [0.2, 0.25) is 0 Å². The van der Waals surface area contributed by atoms with Crippen molar-refractivity contribution in [2.24, 2.45) is 0 Å². The van der Waals surface area contributed by atoms with Crippen LogP contribution in [-0.2, 0) is 21.4 Å². The summed E-state index contributed by atoms with van der Waals surface area (Å²) in [5.41, 5.74) is 3.08. The lowest BCUT2D eigenvalue weighted by Crippen LogP contribution is -2.42. The van der Waals surface area contributed by atoms with E-state index in [1.165, 1.54) is 19.3 Å². The molecule has 1 N–H and O–H groups in total. The average molecular weight is 614 g/mol. The zero-order chi connectivity index (χ0) is 32.8. The van der Waals surface area contributed by atoms with Gasteiger partial charge in [0.05, 0.1) is 18.2 Å². The van der Waals surface area contributed by atoms with Crippen LogP contribution in [0.4, 0.5) is 0 Å². The standard InChI is InChI=1S/C38H47NO6/c1-6-8-9-10-11-24-44-32-22-18-28(19-23-32)35(41)26-45-37(43)30-14-12-27(13-15-30)25-33(34(40)7-2)39-36(42)29-16-20-31(21-17-29)38(3,4)5/h12-23,33H,6-11,24-26H2,1-5H3,(H,39,42)/t33-/m0/s1. The highest BCUT2D eigenvalue weighted by Crippen LogP contribution is 2.22. The molecular formula is C38H47NO6. The Kier molecular flexibility index (Phi) is 13.5. The van der Waals surface area contributed by atoms with Gasteiger partial charge in [0, 0.05) is 17.5 Å². The predicted molar refractivity (Wildman–Crippen MR) is 177 cm³/mol. The second-order valence-corrected chi connectivity index (χ2v) is 12.4. The van der Waals surface area contributed by atoms with Gasteiger partial charge in [-0.25, -0.2) is 4.79 Å². The van der Waals surface area contributed by atoms with E-state index in [1.807, 2.05) is 12.1 Å². The molecule has 0 aliphatic heterocycles. The fourth-order valence-electron chi connectivity index (χ4n) is 4.80. The van der Waals surface area contributed by atoms with Gasteiger partial charge < -0.3 is 14.8 Å². The number of hydrogen-bond donors (Lipinski definition) is 1. The molecule has 0 bridgehead atoms. The third-order valence-electron chi connectivity index (χ3n) is 7.71. The number of esters is 1. The molecule has 7 nitrogen and oxygen atoms in total. The summed E-state index contributed by atoms with van der Waals surface area (Å²) in [7, 11) is 0. The van der Waals surface area contributed by atoms with Crippen LogP contribution in [0.5, 0.6) is 5.75 Å². The van der Waals surface area contributed by atoms with Crippen LogP contribution < -0.4 is 10.1 Å². The van der Waals surface area contributed by atoms with Crippen LogP contribution in [-0.4, -0.2) is 42.7 Å². The van der Waals surface area contributed by atoms with Gasteiger partial charge in [0.15, 0.2) is 18.2 Å². The van der Waals surface area contributed by atoms with Gasteiger partial charge in [-0.2, -0.15) is 0 Å². The number of rotatable bonds is 17. The summed E-state index contributed by atoms with van der Waals surface area (Å²) >= 11 is 0. The number of unbranched alkanes of at least 4 members (excludes halogenated alkanes) is 4. The molecule has 240 valence electrons. The normalized spacial score (nSPS) is 11.8. The highest BCUT2D eigenvalue weighted by molar-refractivity contribution is 5.99. The Hall–Kier alpha value is -4.26. The van der Waals surface area contributed by atoms with Gasteiger partial charge in [0.2, 0.25) is 0 Å². The quantitative estimate of drug-likeness (QED) is 0.0952. The Balaban J connectivity index is 1.50. The van der Waals surface area contributed by atoms with Gasteiger partial charge in [0.1, 0.15) is 5.75 Å². The van der Waals surface area contributed by atoms with E-state index in [9.17, 15) is 19.2 Å². The number of carbonyl (C=O) groups excluding carboxylic acids is 4. The second-order valence-electron chi connectivity index (χ2n) is 12.4. The Labute approximate surface area is 267 Å². The number of amides is 1. The average Bonchev–Trinajstić information content (AvgIpc) is 3.04. The molecule has 3 aromatic rings. The topological polar surface area (TPSA) is 98.8 Å². The zero-order valence-corrected chi connectivity index (χ0v) is 27.3. The molecule has 7 heteroatoms. The van der Waals surface area contributed by atoms with Crippen LogP contribution in [0, 0.1) is 0 Å². The Bertz CT molecular complexity index is 1400. The monoisotopic (exact) mass is 613 g/mol. The van der Waals surface area contributed by atoms with Crippen molar-refractivity contribution < 1.29 is 28.7 Å². The van der Waals surface area contributed by atoms with E-state index in [0.29, 0.717) is 23.5 Å². The summed E-state index contributed by atoms with van der Waals surface area (Å²) < 4.78 is 11.0. The van der Waals surface area contributed by atoms with Crippen molar-refractivity contribution in [1.82, 2.24) is 5.32 Å². The fraction of sp³-hybridized carbons (Fsp3) is 0.421. The molecule has 0 aromatic heterocycles. The van der Waals surface area contributed by atoms with Crippen molar-refractivity contribution in [3.05, 3.63) is 101 Å². The second kappa shape index (κ2) is 17.3. The maximum Gasteiger partial charge on any atom is 0.338 e. The molecule has 3 rings (SSSR count). The van der Waals surface area contributed by atoms with Crippen LogP contribution in [0.25, 0.3) is 0 Å². The largest absolute Gasteiger partial charge is 0.494 e. The maximum absolute atomic E-state index is 12.9. The molecule has 0 spiro atoms. The summed E-state index contributed by atoms with van der Waals surface area (Å²) in [5.74, 6) is -0.621. The minimum atomic E-state index is -0.706. The van der Waals surface area contributed by atoms with Gasteiger partial charge in [-0.1, -0.05) is 84.6 Å². The summed E-state index contributed by atoms with van der Waals surface area (Å²) in [5, 5.41) is 2.87. The van der Waals surface area contributed by atoms with Crippen LogP contribution in [0.3, 0.4) is 0 Å². The Morgan fingerprint density at radius 2 is 1.33 bits per heavy atom. The van der Waals surface area contributed by atoms with Crippen LogP contribution in [0.1, 0.15) is 115 Å². The molecule has 0 unspecified atom stereocenters. The molecular weight excluding hydrogens is 566 g/mol. The van der Waals surface area contributed by atoms with Crippen molar-refractivity contribution in [1.29, 1.82) is 0 Å². The number of ether oxygens (including phenoxy) is 2. The summed E-state index contributed by atoms with van der Waals surface area (Å²) in [6.07, 6.45) is 6.36. The first-order valence-electron chi connectivity index (χ1n) is 16.0. The van der Waals surface area contributed by atoms with Crippen molar-refractivity contribution >= 4 is 23.4 Å². The van der Waals surface area contributed by atoms with E-state index < -0.39 is 12.0 Å². The summed E-state index contributed by atoms with van der Waals surface area (Å²) in [6.45, 7) is 10.5. The van der Waals surface area contributed by atoms with E-state index >= 15 is 0 Å². The maximum atomic E-state index is 12.9. The molecule has 1 atom stereocenters. The molecule has 0 aliphatic carbocycles. The Morgan fingerprint density at radius 3 is 1.93 bits per heavy atom. The minimum absolute atomic E-state index is 0.0292. The van der Waals surface area contributed by atoms with Crippen molar-refractivity contribution in [3.63, 3.8) is 0 Å². The van der Waals surface area contributed by atoms with E-state index in [4.69, 9.17) is 9.47 Å². The third-order valence-corrected chi connectivity index (χ3v) is 7.71. The van der Waals surface area contributed by atoms with E-state index in [0.717, 1.165) is 24.0 Å². The van der Waals surface area contributed by atoms with Gasteiger partial charge in [-0.15, -0.1) is 0 Å². The first kappa shape index (κ1) is 35.2. The van der Waals surface area contributed by atoms with Crippen molar-refractivity contribution in [2.75, 3.05) is 13.2 Å². The SMILES string of the molecule is CCCCCCCOc1ccc(C(=O)COC(=O)c2ccc(C[C@H](NC(=O)c3ccc(C(C)(C)C)cc3)C(=O)CC)cc2)cc1. The van der Waals surface area contributed by atoms with Gasteiger partial charge in [0.25, 0.3) is 5.91 Å². The molecule has 0 radical (unpaired) electrons. The molecule has 0 saturated heterocycles. The van der Waals surface area contributed by atoms with Crippen molar-refractivity contribution in [2.45, 2.75) is 91.0 Å². The van der Waals surface area contributed by atoms with Gasteiger partial charge in [-0.3, -0.25) is 14.4 Å². The number of hydrogen-bond acceptors (Lipinski definition) is 6. The van der Waals surface area contributed by atoms with E-state index in [-0.39, 0.29) is 47.9 Å². The highest BCUT2D eigenvalue weighted by atomic mass is 16.5. The van der Waals surface area contributed by atoms with Crippen molar-refractivity contribution in [3.8, 4) is 5.75 Å². The molecule has 0 saturated carbocycles. The van der Waals surface area contributed by atoms with E-state index in [2.05, 4.69) is 33.0 Å². The number of carbonyl (C=O) groups is 4. The Morgan fingerprint density at radius 1 is 0.733 bits per heavy atom. The smallest absolute Gasteiger partial charge is 0.338 e. The first-order chi connectivity index (χ1) is 21.5. The van der Waals surface area contributed by atoms with Gasteiger partial charge in [-0.05, 0) is 77.9 Å². The van der Waals surface area contributed by atoms with Crippen LogP contribution >= 0.6 is 0 Å². The molecule has 0 fully saturated rings.